The second-order valence-electron chi connectivity index (χ2n) is 7.66. The molecule has 1 aromatic carbocycles. The van der Waals surface area contributed by atoms with Crippen molar-refractivity contribution < 1.29 is 13.9 Å². The smallest absolute Gasteiger partial charge is 0.254 e. The Balaban J connectivity index is 1.67. The summed E-state index contributed by atoms with van der Waals surface area (Å²) in [6.07, 6.45) is 2.81. The topological polar surface area (TPSA) is 83.5 Å². The number of morpholine rings is 1. The summed E-state index contributed by atoms with van der Waals surface area (Å²) >= 11 is 0. The van der Waals surface area contributed by atoms with Crippen LogP contribution in [0.3, 0.4) is 0 Å². The van der Waals surface area contributed by atoms with Crippen molar-refractivity contribution in [2.24, 2.45) is 0 Å². The molecule has 1 amide bonds. The number of carbonyl (C=O) groups excluding carboxylic acids is 1. The molecule has 4 rings (SSSR count). The molecule has 3 heterocycles. The summed E-state index contributed by atoms with van der Waals surface area (Å²) in [5, 5.41) is 2.95. The van der Waals surface area contributed by atoms with Crippen molar-refractivity contribution in [1.29, 1.82) is 0 Å². The van der Waals surface area contributed by atoms with E-state index in [0.717, 1.165) is 0 Å². The Kier molecular flexibility index (Phi) is 6.27. The van der Waals surface area contributed by atoms with Crippen molar-refractivity contribution in [3.05, 3.63) is 65.9 Å². The molecule has 1 atom stereocenters. The van der Waals surface area contributed by atoms with E-state index in [1.165, 1.54) is 12.1 Å². The number of nitrogens with zero attached hydrogens (tertiary/aromatic N) is 5. The third-order valence-electron chi connectivity index (χ3n) is 5.26. The number of pyridine rings is 1. The first-order valence-corrected chi connectivity index (χ1v) is 10.3. The Morgan fingerprint density at radius 2 is 2.09 bits per heavy atom. The number of anilines is 2. The molecule has 166 valence electrons. The van der Waals surface area contributed by atoms with E-state index in [2.05, 4.69) is 15.3 Å². The summed E-state index contributed by atoms with van der Waals surface area (Å²) < 4.78 is 19.9. The minimum atomic E-state index is -0.474. The van der Waals surface area contributed by atoms with Gasteiger partial charge < -0.3 is 19.9 Å². The van der Waals surface area contributed by atoms with Crippen molar-refractivity contribution in [3.63, 3.8) is 0 Å². The van der Waals surface area contributed by atoms with Gasteiger partial charge in [-0.15, -0.1) is 0 Å². The standard InChI is InChI=1S/C23H25FN6O2/c1-25-20-12-16(7-8-26-20)22(31)30-9-10-32-19(14-30)21-18(13-27-23(28-21)29(2)3)15-5-4-6-17(24)11-15/h4-8,11-13,19H,9-10,14H2,1-3H3,(H,25,26)/t19-/m0/s1. The van der Waals surface area contributed by atoms with Gasteiger partial charge in [-0.25, -0.2) is 19.3 Å². The lowest BCUT2D eigenvalue weighted by molar-refractivity contribution is -0.0244. The van der Waals surface area contributed by atoms with E-state index in [4.69, 9.17) is 9.72 Å². The van der Waals surface area contributed by atoms with E-state index >= 15 is 0 Å². The number of hydrogen-bond donors (Lipinski definition) is 1. The number of carbonyl (C=O) groups is 1. The largest absolute Gasteiger partial charge is 0.373 e. The lowest BCUT2D eigenvalue weighted by Gasteiger charge is -2.33. The second kappa shape index (κ2) is 9.27. The maximum atomic E-state index is 13.9. The summed E-state index contributed by atoms with van der Waals surface area (Å²) in [5.41, 5.74) is 2.50. The van der Waals surface area contributed by atoms with Gasteiger partial charge in [0.2, 0.25) is 5.95 Å². The number of benzene rings is 1. The third-order valence-corrected chi connectivity index (χ3v) is 5.26. The Labute approximate surface area is 186 Å². The van der Waals surface area contributed by atoms with Crippen LogP contribution in [0.25, 0.3) is 11.1 Å². The van der Waals surface area contributed by atoms with E-state index in [1.54, 1.807) is 47.4 Å². The van der Waals surface area contributed by atoms with Gasteiger partial charge in [-0.05, 0) is 29.8 Å². The fraction of sp³-hybridized carbons (Fsp3) is 0.304. The number of rotatable bonds is 5. The fourth-order valence-electron chi connectivity index (χ4n) is 3.61. The lowest BCUT2D eigenvalue weighted by atomic mass is 10.0. The zero-order valence-electron chi connectivity index (χ0n) is 18.2. The molecule has 1 aliphatic heterocycles. The second-order valence-corrected chi connectivity index (χ2v) is 7.66. The number of aromatic nitrogens is 3. The van der Waals surface area contributed by atoms with E-state index in [0.29, 0.717) is 53.8 Å². The molecular weight excluding hydrogens is 411 g/mol. The van der Waals surface area contributed by atoms with Gasteiger partial charge in [0.05, 0.1) is 18.8 Å². The summed E-state index contributed by atoms with van der Waals surface area (Å²) in [7, 11) is 5.45. The molecule has 8 nitrogen and oxygen atoms in total. The summed E-state index contributed by atoms with van der Waals surface area (Å²) in [6, 6.07) is 9.71. The highest BCUT2D eigenvalue weighted by Gasteiger charge is 2.30. The zero-order valence-corrected chi connectivity index (χ0v) is 18.2. The minimum absolute atomic E-state index is 0.105. The molecule has 0 spiro atoms. The molecule has 2 aromatic heterocycles. The molecule has 0 radical (unpaired) electrons. The van der Waals surface area contributed by atoms with Crippen molar-refractivity contribution in [1.82, 2.24) is 19.9 Å². The number of amides is 1. The molecule has 0 unspecified atom stereocenters. The van der Waals surface area contributed by atoms with E-state index < -0.39 is 6.10 Å². The van der Waals surface area contributed by atoms with Crippen molar-refractivity contribution in [2.45, 2.75) is 6.10 Å². The highest BCUT2D eigenvalue weighted by molar-refractivity contribution is 5.95. The first-order chi connectivity index (χ1) is 15.5. The molecule has 32 heavy (non-hydrogen) atoms. The third kappa shape index (κ3) is 4.52. The summed E-state index contributed by atoms with van der Waals surface area (Å²) in [5.74, 6) is 0.691. The highest BCUT2D eigenvalue weighted by atomic mass is 19.1. The monoisotopic (exact) mass is 436 g/mol. The molecule has 1 N–H and O–H groups in total. The predicted octanol–water partition coefficient (Wildman–Crippen LogP) is 3.00. The summed E-state index contributed by atoms with van der Waals surface area (Å²) in [4.78, 5) is 30.0. The van der Waals surface area contributed by atoms with Gasteiger partial charge >= 0.3 is 0 Å². The number of nitrogens with one attached hydrogen (secondary N) is 1. The van der Waals surface area contributed by atoms with Gasteiger partial charge in [0.25, 0.3) is 5.91 Å². The average Bonchev–Trinajstić information content (AvgIpc) is 2.83. The number of halogens is 1. The maximum absolute atomic E-state index is 13.9. The van der Waals surface area contributed by atoms with Crippen LogP contribution in [-0.2, 0) is 4.74 Å². The zero-order chi connectivity index (χ0) is 22.7. The van der Waals surface area contributed by atoms with E-state index in [1.807, 2.05) is 20.2 Å². The van der Waals surface area contributed by atoms with Crippen LogP contribution in [-0.4, -0.2) is 66.6 Å². The first kappa shape index (κ1) is 21.6. The normalized spacial score (nSPS) is 16.0. The lowest BCUT2D eigenvalue weighted by Crippen LogP contribution is -2.42. The van der Waals surface area contributed by atoms with Gasteiger partial charge in [-0.2, -0.15) is 0 Å². The molecule has 9 heteroatoms. The quantitative estimate of drug-likeness (QED) is 0.658. The fourth-order valence-corrected chi connectivity index (χ4v) is 3.61. The van der Waals surface area contributed by atoms with E-state index in [-0.39, 0.29) is 11.7 Å². The van der Waals surface area contributed by atoms with Crippen LogP contribution in [0.4, 0.5) is 16.2 Å². The van der Waals surface area contributed by atoms with Gasteiger partial charge in [-0.3, -0.25) is 4.79 Å². The average molecular weight is 436 g/mol. The van der Waals surface area contributed by atoms with Gasteiger partial charge in [0.15, 0.2) is 0 Å². The van der Waals surface area contributed by atoms with Crippen molar-refractivity contribution >= 4 is 17.7 Å². The van der Waals surface area contributed by atoms with Gasteiger partial charge in [0, 0.05) is 51.2 Å². The van der Waals surface area contributed by atoms with Crippen molar-refractivity contribution in [2.75, 3.05) is 51.1 Å². The molecule has 3 aromatic rings. The van der Waals surface area contributed by atoms with Crippen LogP contribution >= 0.6 is 0 Å². The Morgan fingerprint density at radius 3 is 2.84 bits per heavy atom. The first-order valence-electron chi connectivity index (χ1n) is 10.3. The number of hydrogen-bond acceptors (Lipinski definition) is 7. The SMILES string of the molecule is CNc1cc(C(=O)N2CCO[C@H](c3nc(N(C)C)ncc3-c3cccc(F)c3)C2)ccn1. The summed E-state index contributed by atoms with van der Waals surface area (Å²) in [6.45, 7) is 1.15. The molecule has 1 fully saturated rings. The molecule has 0 aliphatic carbocycles. The Hall–Kier alpha value is -3.59. The van der Waals surface area contributed by atoms with Crippen LogP contribution in [0.5, 0.6) is 0 Å². The highest BCUT2D eigenvalue weighted by Crippen LogP contribution is 2.32. The maximum Gasteiger partial charge on any atom is 0.254 e. The predicted molar refractivity (Wildman–Crippen MR) is 120 cm³/mol. The number of ether oxygens (including phenoxy) is 1. The molecule has 1 saturated heterocycles. The molecule has 0 bridgehead atoms. The molecule has 0 saturated carbocycles. The van der Waals surface area contributed by atoms with E-state index in [9.17, 15) is 9.18 Å². The van der Waals surface area contributed by atoms with Gasteiger partial charge in [-0.1, -0.05) is 12.1 Å². The van der Waals surface area contributed by atoms with Crippen molar-refractivity contribution in [3.8, 4) is 11.1 Å². The Morgan fingerprint density at radius 1 is 1.25 bits per heavy atom. The Bertz CT molecular complexity index is 1120. The van der Waals surface area contributed by atoms with Crippen LogP contribution in [0, 0.1) is 5.82 Å². The van der Waals surface area contributed by atoms with Gasteiger partial charge in [0.1, 0.15) is 17.7 Å². The van der Waals surface area contributed by atoms with Crippen LogP contribution in [0.2, 0.25) is 0 Å². The molecular formula is C23H25FN6O2. The van der Waals surface area contributed by atoms with Crippen LogP contribution in [0.1, 0.15) is 22.2 Å². The minimum Gasteiger partial charge on any atom is -0.373 e. The molecule has 1 aliphatic rings. The van der Waals surface area contributed by atoms with Crippen LogP contribution < -0.4 is 10.2 Å². The van der Waals surface area contributed by atoms with Crippen LogP contribution in [0.15, 0.2) is 48.8 Å².